The normalized spacial score (nSPS) is 25.2. The number of carbonyl (C=O) groups excluding carboxylic acids is 1. The SMILES string of the molecule is O=C(c1ccc(N2CCC3(CC2)CCN(C2CCC2)CC3)cc1)N1CC=CCC1. The topological polar surface area (TPSA) is 26.8 Å². The number of carbonyl (C=O) groups is 1. The average Bonchev–Trinajstić information content (AvgIpc) is 2.75. The first-order valence-electron chi connectivity index (χ1n) is 11.8. The molecule has 0 bridgehead atoms. The molecular weight excluding hydrogens is 358 g/mol. The van der Waals surface area contributed by atoms with E-state index in [1.54, 1.807) is 0 Å². The summed E-state index contributed by atoms with van der Waals surface area (Å²) in [7, 11) is 0. The molecule has 3 fully saturated rings. The Morgan fingerprint density at radius 3 is 2.14 bits per heavy atom. The van der Waals surface area contributed by atoms with Gasteiger partial charge in [0.05, 0.1) is 0 Å². The van der Waals surface area contributed by atoms with Gasteiger partial charge in [-0.1, -0.05) is 18.6 Å². The minimum absolute atomic E-state index is 0.164. The first-order valence-corrected chi connectivity index (χ1v) is 11.8. The highest BCUT2D eigenvalue weighted by molar-refractivity contribution is 5.94. The molecule has 4 aliphatic rings. The molecule has 4 heteroatoms. The Kier molecular flexibility index (Phi) is 5.38. The van der Waals surface area contributed by atoms with Gasteiger partial charge in [0.15, 0.2) is 0 Å². The minimum Gasteiger partial charge on any atom is -0.371 e. The summed E-state index contributed by atoms with van der Waals surface area (Å²) in [4.78, 5) is 19.9. The van der Waals surface area contributed by atoms with Gasteiger partial charge in [0.1, 0.15) is 0 Å². The first kappa shape index (κ1) is 19.2. The highest BCUT2D eigenvalue weighted by Gasteiger charge is 2.39. The maximum atomic E-state index is 12.7. The fourth-order valence-electron chi connectivity index (χ4n) is 5.68. The van der Waals surface area contributed by atoms with Crippen LogP contribution < -0.4 is 4.90 Å². The molecule has 5 rings (SSSR count). The van der Waals surface area contributed by atoms with E-state index in [1.807, 2.05) is 17.0 Å². The molecule has 0 aromatic heterocycles. The number of hydrogen-bond acceptors (Lipinski definition) is 3. The van der Waals surface area contributed by atoms with Crippen LogP contribution in [0, 0.1) is 5.41 Å². The third-order valence-corrected chi connectivity index (χ3v) is 8.10. The summed E-state index contributed by atoms with van der Waals surface area (Å²) < 4.78 is 0. The molecule has 1 aromatic carbocycles. The molecular formula is C25H35N3O. The van der Waals surface area contributed by atoms with Crippen LogP contribution in [-0.4, -0.2) is 61.0 Å². The van der Waals surface area contributed by atoms with Crippen LogP contribution in [0.2, 0.25) is 0 Å². The van der Waals surface area contributed by atoms with Gasteiger partial charge in [0, 0.05) is 43.5 Å². The number of nitrogens with zero attached hydrogens (tertiary/aromatic N) is 3. The van der Waals surface area contributed by atoms with Crippen LogP contribution in [-0.2, 0) is 0 Å². The number of likely N-dealkylation sites (tertiary alicyclic amines) is 1. The van der Waals surface area contributed by atoms with Crippen LogP contribution in [0.5, 0.6) is 0 Å². The molecule has 2 saturated heterocycles. The van der Waals surface area contributed by atoms with E-state index in [9.17, 15) is 4.79 Å². The minimum atomic E-state index is 0.164. The third-order valence-electron chi connectivity index (χ3n) is 8.10. The zero-order chi connectivity index (χ0) is 19.7. The lowest BCUT2D eigenvalue weighted by Crippen LogP contribution is -2.50. The maximum absolute atomic E-state index is 12.7. The smallest absolute Gasteiger partial charge is 0.254 e. The number of amides is 1. The summed E-state index contributed by atoms with van der Waals surface area (Å²) in [6, 6.07) is 9.28. The predicted molar refractivity (Wildman–Crippen MR) is 118 cm³/mol. The van der Waals surface area contributed by atoms with Crippen LogP contribution in [0.4, 0.5) is 5.69 Å². The van der Waals surface area contributed by atoms with Crippen molar-refractivity contribution >= 4 is 11.6 Å². The summed E-state index contributed by atoms with van der Waals surface area (Å²) in [5, 5.41) is 0. The van der Waals surface area contributed by atoms with Gasteiger partial charge in [-0.25, -0.2) is 0 Å². The van der Waals surface area contributed by atoms with E-state index in [0.29, 0.717) is 5.41 Å². The Morgan fingerprint density at radius 1 is 0.862 bits per heavy atom. The summed E-state index contributed by atoms with van der Waals surface area (Å²) in [6.45, 7) is 6.55. The lowest BCUT2D eigenvalue weighted by molar-refractivity contribution is 0.0306. The second kappa shape index (κ2) is 8.14. The number of hydrogen-bond donors (Lipinski definition) is 0. The lowest BCUT2D eigenvalue weighted by Gasteiger charge is -2.50. The largest absolute Gasteiger partial charge is 0.371 e. The molecule has 3 aliphatic heterocycles. The van der Waals surface area contributed by atoms with Crippen molar-refractivity contribution in [2.75, 3.05) is 44.2 Å². The molecule has 1 amide bonds. The van der Waals surface area contributed by atoms with Crippen LogP contribution in [0.15, 0.2) is 36.4 Å². The second-order valence-corrected chi connectivity index (χ2v) is 9.67. The summed E-state index contributed by atoms with van der Waals surface area (Å²) >= 11 is 0. The van der Waals surface area contributed by atoms with Crippen LogP contribution in [0.3, 0.4) is 0 Å². The van der Waals surface area contributed by atoms with Crippen LogP contribution in [0.25, 0.3) is 0 Å². The van der Waals surface area contributed by atoms with Gasteiger partial charge in [0.2, 0.25) is 0 Å². The molecule has 4 nitrogen and oxygen atoms in total. The molecule has 1 aliphatic carbocycles. The number of rotatable bonds is 3. The van der Waals surface area contributed by atoms with Gasteiger partial charge in [-0.05, 0) is 87.7 Å². The predicted octanol–water partition coefficient (Wildman–Crippen LogP) is 4.32. The quantitative estimate of drug-likeness (QED) is 0.716. The Bertz CT molecular complexity index is 734. The highest BCUT2D eigenvalue weighted by atomic mass is 16.2. The number of piperidine rings is 2. The molecule has 0 unspecified atom stereocenters. The molecule has 0 atom stereocenters. The van der Waals surface area contributed by atoms with Crippen LogP contribution >= 0.6 is 0 Å². The lowest BCUT2D eigenvalue weighted by atomic mass is 9.70. The van der Waals surface area contributed by atoms with Crippen molar-refractivity contribution < 1.29 is 4.79 Å². The van der Waals surface area contributed by atoms with E-state index in [-0.39, 0.29) is 5.91 Å². The zero-order valence-corrected chi connectivity index (χ0v) is 17.7. The fourth-order valence-corrected chi connectivity index (χ4v) is 5.68. The third kappa shape index (κ3) is 3.96. The summed E-state index contributed by atoms with van der Waals surface area (Å²) in [6.07, 6.45) is 15.0. The van der Waals surface area contributed by atoms with Crippen molar-refractivity contribution in [1.29, 1.82) is 0 Å². The van der Waals surface area contributed by atoms with E-state index >= 15 is 0 Å². The standard InChI is InChI=1S/C25H35N3O/c29-24(28-15-2-1-3-16-28)21-7-9-23(10-8-21)27-19-13-25(14-20-27)11-17-26(18-12-25)22-5-4-6-22/h1-2,7-10,22H,3-6,11-20H2. The van der Waals surface area contributed by atoms with Crippen molar-refractivity contribution in [1.82, 2.24) is 9.80 Å². The fraction of sp³-hybridized carbons (Fsp3) is 0.640. The van der Waals surface area contributed by atoms with Crippen molar-refractivity contribution in [2.24, 2.45) is 5.41 Å². The van der Waals surface area contributed by atoms with Crippen molar-refractivity contribution in [3.8, 4) is 0 Å². The van der Waals surface area contributed by atoms with Gasteiger partial charge in [-0.3, -0.25) is 4.79 Å². The van der Waals surface area contributed by atoms with E-state index in [2.05, 4.69) is 34.1 Å². The monoisotopic (exact) mass is 393 g/mol. The molecule has 3 heterocycles. The van der Waals surface area contributed by atoms with Gasteiger partial charge in [-0.2, -0.15) is 0 Å². The summed E-state index contributed by atoms with van der Waals surface area (Å²) in [5.74, 6) is 0.164. The highest BCUT2D eigenvalue weighted by Crippen LogP contribution is 2.43. The average molecular weight is 394 g/mol. The molecule has 0 radical (unpaired) electrons. The van der Waals surface area contributed by atoms with E-state index in [0.717, 1.165) is 44.2 Å². The zero-order valence-electron chi connectivity index (χ0n) is 17.7. The van der Waals surface area contributed by atoms with E-state index < -0.39 is 0 Å². The Labute approximate surface area is 175 Å². The first-order chi connectivity index (χ1) is 14.2. The molecule has 29 heavy (non-hydrogen) atoms. The molecule has 1 saturated carbocycles. The maximum Gasteiger partial charge on any atom is 0.254 e. The number of anilines is 1. The Morgan fingerprint density at radius 2 is 1.55 bits per heavy atom. The Balaban J connectivity index is 1.15. The van der Waals surface area contributed by atoms with Gasteiger partial charge in [-0.15, -0.1) is 0 Å². The molecule has 156 valence electrons. The van der Waals surface area contributed by atoms with Crippen molar-refractivity contribution in [3.63, 3.8) is 0 Å². The van der Waals surface area contributed by atoms with Crippen LogP contribution in [0.1, 0.15) is 61.7 Å². The van der Waals surface area contributed by atoms with E-state index in [1.165, 1.54) is 63.7 Å². The van der Waals surface area contributed by atoms with Gasteiger partial charge >= 0.3 is 0 Å². The molecule has 1 aromatic rings. The van der Waals surface area contributed by atoms with Gasteiger partial charge < -0.3 is 14.7 Å². The molecule has 0 N–H and O–H groups in total. The number of benzene rings is 1. The van der Waals surface area contributed by atoms with Crippen molar-refractivity contribution in [3.05, 3.63) is 42.0 Å². The second-order valence-electron chi connectivity index (χ2n) is 9.67. The molecule has 1 spiro atoms. The summed E-state index contributed by atoms with van der Waals surface area (Å²) in [5.41, 5.74) is 2.69. The van der Waals surface area contributed by atoms with E-state index in [4.69, 9.17) is 0 Å². The van der Waals surface area contributed by atoms with Gasteiger partial charge in [0.25, 0.3) is 5.91 Å². The van der Waals surface area contributed by atoms with Crippen molar-refractivity contribution in [2.45, 2.75) is 57.4 Å². The Hall–Kier alpha value is -1.81.